The van der Waals surface area contributed by atoms with E-state index in [4.69, 9.17) is 0 Å². The Hall–Kier alpha value is -1.40. The fraction of sp³-hybridized carbons (Fsp3) is 0.588. The maximum Gasteiger partial charge on any atom is 0.225 e. The lowest BCUT2D eigenvalue weighted by Crippen LogP contribution is -2.37. The number of hydrogen-bond donors (Lipinski definition) is 2. The first-order valence-corrected chi connectivity index (χ1v) is 9.81. The SMILES string of the molecule is Cc1ccc(NC(=O)C[C@@H](C)NC[C@H]2CCCS2(=O)=O)c(C)c1. The summed E-state index contributed by atoms with van der Waals surface area (Å²) in [6.07, 6.45) is 1.78. The lowest BCUT2D eigenvalue weighted by atomic mass is 10.1. The van der Waals surface area contributed by atoms with Crippen LogP contribution in [0.3, 0.4) is 0 Å². The average Bonchev–Trinajstić information content (AvgIpc) is 2.78. The Bertz CT molecular complexity index is 670. The monoisotopic (exact) mass is 338 g/mol. The van der Waals surface area contributed by atoms with E-state index in [-0.39, 0.29) is 17.2 Å². The van der Waals surface area contributed by atoms with Gasteiger partial charge in [0, 0.05) is 24.7 Å². The third-order valence-corrected chi connectivity index (χ3v) is 6.58. The van der Waals surface area contributed by atoms with Crippen LogP contribution in [0.15, 0.2) is 18.2 Å². The largest absolute Gasteiger partial charge is 0.326 e. The molecule has 1 heterocycles. The Kier molecular flexibility index (Phi) is 5.81. The van der Waals surface area contributed by atoms with Crippen LogP contribution < -0.4 is 10.6 Å². The fourth-order valence-corrected chi connectivity index (χ4v) is 4.70. The summed E-state index contributed by atoms with van der Waals surface area (Å²) >= 11 is 0. The molecule has 1 amide bonds. The van der Waals surface area contributed by atoms with Crippen molar-refractivity contribution in [2.24, 2.45) is 0 Å². The summed E-state index contributed by atoms with van der Waals surface area (Å²) < 4.78 is 23.6. The van der Waals surface area contributed by atoms with Crippen molar-refractivity contribution >= 4 is 21.4 Å². The maximum atomic E-state index is 12.1. The fourth-order valence-electron chi connectivity index (χ4n) is 2.93. The number of benzene rings is 1. The van der Waals surface area contributed by atoms with Crippen LogP contribution in [0.2, 0.25) is 0 Å². The van der Waals surface area contributed by atoms with Crippen LogP contribution in [-0.2, 0) is 14.6 Å². The van der Waals surface area contributed by atoms with E-state index in [0.717, 1.165) is 29.7 Å². The highest BCUT2D eigenvalue weighted by Gasteiger charge is 2.31. The standard InChI is InChI=1S/C17H26N2O3S/c1-12-6-7-16(13(2)9-12)19-17(20)10-14(3)18-11-15-5-4-8-23(15,21)22/h6-7,9,14-15,18H,4-5,8,10-11H2,1-3H3,(H,19,20)/t14-,15-/m1/s1. The number of aryl methyl sites for hydroxylation is 2. The normalized spacial score (nSPS) is 21.1. The second-order valence-electron chi connectivity index (χ2n) is 6.51. The van der Waals surface area contributed by atoms with Crippen LogP contribution in [0.25, 0.3) is 0 Å². The van der Waals surface area contributed by atoms with Crippen molar-refractivity contribution in [2.75, 3.05) is 17.6 Å². The second kappa shape index (κ2) is 7.45. The molecule has 5 nitrogen and oxygen atoms in total. The lowest BCUT2D eigenvalue weighted by Gasteiger charge is -2.17. The molecule has 1 saturated heterocycles. The molecule has 0 aliphatic carbocycles. The van der Waals surface area contributed by atoms with Crippen molar-refractivity contribution < 1.29 is 13.2 Å². The summed E-state index contributed by atoms with van der Waals surface area (Å²) in [4.78, 5) is 12.1. The lowest BCUT2D eigenvalue weighted by molar-refractivity contribution is -0.116. The molecular weight excluding hydrogens is 312 g/mol. The molecule has 23 heavy (non-hydrogen) atoms. The van der Waals surface area contributed by atoms with Crippen molar-refractivity contribution in [2.45, 2.75) is 51.3 Å². The van der Waals surface area contributed by atoms with Crippen molar-refractivity contribution in [1.29, 1.82) is 0 Å². The summed E-state index contributed by atoms with van der Waals surface area (Å²) in [5, 5.41) is 5.80. The van der Waals surface area contributed by atoms with Gasteiger partial charge < -0.3 is 10.6 Å². The van der Waals surface area contributed by atoms with Gasteiger partial charge in [-0.25, -0.2) is 8.42 Å². The average molecular weight is 338 g/mol. The van der Waals surface area contributed by atoms with Crippen LogP contribution in [-0.4, -0.2) is 37.9 Å². The van der Waals surface area contributed by atoms with Crippen LogP contribution in [0.5, 0.6) is 0 Å². The molecule has 6 heteroatoms. The minimum atomic E-state index is -2.93. The van der Waals surface area contributed by atoms with Crippen molar-refractivity contribution in [3.63, 3.8) is 0 Å². The van der Waals surface area contributed by atoms with E-state index in [1.165, 1.54) is 0 Å². The smallest absolute Gasteiger partial charge is 0.225 e. The predicted octanol–water partition coefficient (Wildman–Crippen LogP) is 2.19. The third kappa shape index (κ3) is 5.04. The first-order chi connectivity index (χ1) is 10.8. The van der Waals surface area contributed by atoms with Gasteiger partial charge in [0.25, 0.3) is 0 Å². The number of amides is 1. The van der Waals surface area contributed by atoms with Crippen molar-refractivity contribution in [3.8, 4) is 0 Å². The van der Waals surface area contributed by atoms with Gasteiger partial charge in [-0.05, 0) is 45.2 Å². The third-order valence-electron chi connectivity index (χ3n) is 4.30. The number of carbonyl (C=O) groups excluding carboxylic acids is 1. The molecular formula is C17H26N2O3S. The minimum Gasteiger partial charge on any atom is -0.326 e. The Morgan fingerprint density at radius 2 is 2.09 bits per heavy atom. The van der Waals surface area contributed by atoms with Gasteiger partial charge in [0.05, 0.1) is 11.0 Å². The number of rotatable bonds is 6. The summed E-state index contributed by atoms with van der Waals surface area (Å²) in [6, 6.07) is 5.85. The highest BCUT2D eigenvalue weighted by molar-refractivity contribution is 7.92. The minimum absolute atomic E-state index is 0.0587. The van der Waals surface area contributed by atoms with Gasteiger partial charge in [-0.1, -0.05) is 17.7 Å². The highest BCUT2D eigenvalue weighted by atomic mass is 32.2. The number of anilines is 1. The molecule has 2 rings (SSSR count). The number of carbonyl (C=O) groups is 1. The van der Waals surface area contributed by atoms with Crippen molar-refractivity contribution in [3.05, 3.63) is 29.3 Å². The van der Waals surface area contributed by atoms with Crippen molar-refractivity contribution in [1.82, 2.24) is 5.32 Å². The van der Waals surface area contributed by atoms with Crippen LogP contribution in [0.4, 0.5) is 5.69 Å². The Morgan fingerprint density at radius 1 is 1.35 bits per heavy atom. The van der Waals surface area contributed by atoms with Gasteiger partial charge >= 0.3 is 0 Å². The van der Waals surface area contributed by atoms with Gasteiger partial charge in [-0.15, -0.1) is 0 Å². The molecule has 0 unspecified atom stereocenters. The molecule has 1 fully saturated rings. The molecule has 2 N–H and O–H groups in total. The van der Waals surface area contributed by atoms with Crippen LogP contribution in [0.1, 0.15) is 37.3 Å². The molecule has 0 aromatic heterocycles. The first-order valence-electron chi connectivity index (χ1n) is 8.10. The number of hydrogen-bond acceptors (Lipinski definition) is 4. The second-order valence-corrected chi connectivity index (χ2v) is 8.91. The topological polar surface area (TPSA) is 75.3 Å². The summed E-state index contributed by atoms with van der Waals surface area (Å²) in [5.41, 5.74) is 3.02. The van der Waals surface area contributed by atoms with E-state index in [9.17, 15) is 13.2 Å². The molecule has 0 spiro atoms. The molecule has 1 aliphatic heterocycles. The van der Waals surface area contributed by atoms with E-state index in [2.05, 4.69) is 10.6 Å². The summed E-state index contributed by atoms with van der Waals surface area (Å²) in [5.74, 6) is 0.229. The Balaban J connectivity index is 1.80. The van der Waals surface area contributed by atoms with E-state index in [1.807, 2.05) is 39.0 Å². The molecule has 0 saturated carbocycles. The maximum absolute atomic E-state index is 12.1. The molecule has 1 aromatic carbocycles. The highest BCUT2D eigenvalue weighted by Crippen LogP contribution is 2.19. The van der Waals surface area contributed by atoms with E-state index >= 15 is 0 Å². The van der Waals surface area contributed by atoms with Gasteiger partial charge in [-0.2, -0.15) is 0 Å². The number of sulfone groups is 1. The molecule has 1 aliphatic rings. The van der Waals surface area contributed by atoms with Gasteiger partial charge in [0.1, 0.15) is 0 Å². The van der Waals surface area contributed by atoms with Crippen LogP contribution in [0, 0.1) is 13.8 Å². The zero-order valence-corrected chi connectivity index (χ0v) is 14.9. The van der Waals surface area contributed by atoms with E-state index in [0.29, 0.717) is 18.7 Å². The van der Waals surface area contributed by atoms with Gasteiger partial charge in [-0.3, -0.25) is 4.79 Å². The van der Waals surface area contributed by atoms with Gasteiger partial charge in [0.2, 0.25) is 5.91 Å². The molecule has 1 aromatic rings. The molecule has 2 atom stereocenters. The van der Waals surface area contributed by atoms with Gasteiger partial charge in [0.15, 0.2) is 9.84 Å². The first kappa shape index (κ1) is 17.9. The summed E-state index contributed by atoms with van der Waals surface area (Å²) in [7, 11) is -2.93. The molecule has 0 radical (unpaired) electrons. The zero-order valence-electron chi connectivity index (χ0n) is 14.1. The number of nitrogens with one attached hydrogen (secondary N) is 2. The van der Waals surface area contributed by atoms with E-state index in [1.54, 1.807) is 0 Å². The Labute approximate surface area is 138 Å². The Morgan fingerprint density at radius 3 is 2.70 bits per heavy atom. The predicted molar refractivity (Wildman–Crippen MR) is 93.4 cm³/mol. The zero-order chi connectivity index (χ0) is 17.0. The van der Waals surface area contributed by atoms with E-state index < -0.39 is 9.84 Å². The molecule has 0 bridgehead atoms. The molecule has 128 valence electrons. The quantitative estimate of drug-likeness (QED) is 0.834. The van der Waals surface area contributed by atoms with Crippen LogP contribution >= 0.6 is 0 Å². The summed E-state index contributed by atoms with van der Waals surface area (Å²) in [6.45, 7) is 6.32.